The van der Waals surface area contributed by atoms with Gasteiger partial charge < -0.3 is 9.47 Å². The minimum atomic E-state index is -0.779. The number of halogens is 3. The molecule has 0 fully saturated rings. The second-order valence-electron chi connectivity index (χ2n) is 4.72. The number of rotatable bonds is 3. The molecule has 0 bridgehead atoms. The maximum absolute atomic E-state index is 14.0. The van der Waals surface area contributed by atoms with Crippen molar-refractivity contribution < 1.29 is 23.0 Å². The Morgan fingerprint density at radius 3 is 2.23 bits per heavy atom. The predicted octanol–water partition coefficient (Wildman–Crippen LogP) is 4.92. The van der Waals surface area contributed by atoms with Crippen LogP contribution in [0, 0.1) is 25.5 Å². The van der Waals surface area contributed by atoms with Crippen LogP contribution in [0.2, 0.25) is 0 Å². The highest BCUT2D eigenvalue weighted by Gasteiger charge is 2.17. The first-order valence-corrected chi connectivity index (χ1v) is 7.14. The fourth-order valence-corrected chi connectivity index (χ4v) is 2.47. The van der Waals surface area contributed by atoms with E-state index in [4.69, 9.17) is 4.74 Å². The van der Waals surface area contributed by atoms with Crippen molar-refractivity contribution in [2.75, 3.05) is 7.11 Å². The van der Waals surface area contributed by atoms with E-state index in [0.717, 1.165) is 6.07 Å². The van der Waals surface area contributed by atoms with Gasteiger partial charge in [0.15, 0.2) is 0 Å². The van der Waals surface area contributed by atoms with E-state index in [9.17, 15) is 13.6 Å². The molecule has 22 heavy (non-hydrogen) atoms. The quantitative estimate of drug-likeness (QED) is 0.719. The van der Waals surface area contributed by atoms with Crippen LogP contribution in [-0.4, -0.2) is 13.1 Å². The molecule has 6 heteroatoms. The molecule has 0 heterocycles. The van der Waals surface area contributed by atoms with Crippen molar-refractivity contribution in [1.82, 2.24) is 0 Å². The fourth-order valence-electron chi connectivity index (χ4n) is 2.04. The lowest BCUT2D eigenvalue weighted by Gasteiger charge is -2.14. The highest BCUT2D eigenvalue weighted by molar-refractivity contribution is 9.10. The van der Waals surface area contributed by atoms with Gasteiger partial charge in [0.2, 0.25) is 0 Å². The first-order chi connectivity index (χ1) is 10.3. The number of hydrogen-bond acceptors (Lipinski definition) is 3. The van der Waals surface area contributed by atoms with E-state index in [1.807, 2.05) is 0 Å². The summed E-state index contributed by atoms with van der Waals surface area (Å²) in [5.74, 6) is -1.29. The van der Waals surface area contributed by atoms with Crippen LogP contribution in [0.3, 0.4) is 0 Å². The number of benzene rings is 2. The molecule has 0 amide bonds. The van der Waals surface area contributed by atoms with E-state index in [1.165, 1.54) is 25.3 Å². The number of carbonyl (C=O) groups excluding carboxylic acids is 1. The standard InChI is InChI=1S/C16H13BrF2O3/c1-8-4-10(18)5-9(2)15(8)22-14-7-13(19)11(6-12(14)17)16(20)21-3/h4-7H,1-3H3. The van der Waals surface area contributed by atoms with Crippen LogP contribution in [0.25, 0.3) is 0 Å². The minimum Gasteiger partial charge on any atom is -0.465 e. The van der Waals surface area contributed by atoms with Gasteiger partial charge in [-0.25, -0.2) is 13.6 Å². The molecule has 0 N–H and O–H groups in total. The van der Waals surface area contributed by atoms with Crippen molar-refractivity contribution in [2.24, 2.45) is 0 Å². The number of esters is 1. The Labute approximate surface area is 135 Å². The van der Waals surface area contributed by atoms with Crippen molar-refractivity contribution in [3.8, 4) is 11.5 Å². The fraction of sp³-hybridized carbons (Fsp3) is 0.188. The van der Waals surface area contributed by atoms with Crippen LogP contribution in [0.1, 0.15) is 21.5 Å². The molecule has 3 nitrogen and oxygen atoms in total. The predicted molar refractivity (Wildman–Crippen MR) is 81.4 cm³/mol. The molecule has 0 aliphatic heterocycles. The first-order valence-electron chi connectivity index (χ1n) is 6.35. The third-order valence-corrected chi connectivity index (χ3v) is 3.68. The van der Waals surface area contributed by atoms with Crippen LogP contribution < -0.4 is 4.74 Å². The van der Waals surface area contributed by atoms with Gasteiger partial charge in [-0.15, -0.1) is 0 Å². The summed E-state index contributed by atoms with van der Waals surface area (Å²) >= 11 is 3.23. The summed E-state index contributed by atoms with van der Waals surface area (Å²) < 4.78 is 37.8. The lowest BCUT2D eigenvalue weighted by atomic mass is 10.1. The maximum Gasteiger partial charge on any atom is 0.340 e. The molecule has 2 rings (SSSR count). The molecular formula is C16H13BrF2O3. The van der Waals surface area contributed by atoms with Gasteiger partial charge in [-0.05, 0) is 59.1 Å². The second kappa shape index (κ2) is 6.44. The molecule has 0 saturated heterocycles. The van der Waals surface area contributed by atoms with Gasteiger partial charge in [-0.3, -0.25) is 0 Å². The van der Waals surface area contributed by atoms with Crippen molar-refractivity contribution in [3.63, 3.8) is 0 Å². The third-order valence-electron chi connectivity index (χ3n) is 3.06. The Morgan fingerprint density at radius 2 is 1.68 bits per heavy atom. The number of ether oxygens (including phenoxy) is 2. The lowest BCUT2D eigenvalue weighted by Crippen LogP contribution is -2.05. The van der Waals surface area contributed by atoms with Crippen molar-refractivity contribution in [1.29, 1.82) is 0 Å². The number of carbonyl (C=O) groups is 1. The molecular weight excluding hydrogens is 358 g/mol. The largest absolute Gasteiger partial charge is 0.465 e. The van der Waals surface area contributed by atoms with E-state index >= 15 is 0 Å². The van der Waals surface area contributed by atoms with Crippen LogP contribution >= 0.6 is 15.9 Å². The van der Waals surface area contributed by atoms with Crippen molar-refractivity contribution in [3.05, 3.63) is 57.1 Å². The Hall–Kier alpha value is -1.95. The summed E-state index contributed by atoms with van der Waals surface area (Å²) in [7, 11) is 1.17. The summed E-state index contributed by atoms with van der Waals surface area (Å²) in [6, 6.07) is 5.02. The highest BCUT2D eigenvalue weighted by Crippen LogP contribution is 2.35. The lowest BCUT2D eigenvalue weighted by molar-refractivity contribution is 0.0595. The molecule has 0 spiro atoms. The zero-order chi connectivity index (χ0) is 16.4. The summed E-state index contributed by atoms with van der Waals surface area (Å²) in [6.45, 7) is 3.39. The monoisotopic (exact) mass is 370 g/mol. The van der Waals surface area contributed by atoms with Gasteiger partial charge in [0.25, 0.3) is 0 Å². The molecule has 0 aliphatic carbocycles. The van der Waals surface area contributed by atoms with Crippen LogP contribution in [-0.2, 0) is 4.74 Å². The summed E-state index contributed by atoms with van der Waals surface area (Å²) in [6.07, 6.45) is 0. The van der Waals surface area contributed by atoms with E-state index in [-0.39, 0.29) is 17.1 Å². The molecule has 0 saturated carbocycles. The SMILES string of the molecule is COC(=O)c1cc(Br)c(Oc2c(C)cc(F)cc2C)cc1F. The Kier molecular flexibility index (Phi) is 4.81. The van der Waals surface area contributed by atoms with Gasteiger partial charge in [0, 0.05) is 6.07 Å². The Bertz CT molecular complexity index is 721. The van der Waals surface area contributed by atoms with Gasteiger partial charge >= 0.3 is 5.97 Å². The van der Waals surface area contributed by atoms with Crippen LogP contribution in [0.15, 0.2) is 28.7 Å². The Balaban J connectivity index is 2.43. The Morgan fingerprint density at radius 1 is 1.09 bits per heavy atom. The van der Waals surface area contributed by atoms with Gasteiger partial charge in [0.05, 0.1) is 17.1 Å². The molecule has 0 atom stereocenters. The topological polar surface area (TPSA) is 35.5 Å². The van der Waals surface area contributed by atoms with E-state index in [1.54, 1.807) is 13.8 Å². The zero-order valence-electron chi connectivity index (χ0n) is 12.2. The number of aryl methyl sites for hydroxylation is 2. The van der Waals surface area contributed by atoms with Gasteiger partial charge in [0.1, 0.15) is 23.1 Å². The second-order valence-corrected chi connectivity index (χ2v) is 5.58. The van der Waals surface area contributed by atoms with E-state index in [0.29, 0.717) is 21.3 Å². The van der Waals surface area contributed by atoms with Crippen LogP contribution in [0.5, 0.6) is 11.5 Å². The van der Waals surface area contributed by atoms with Gasteiger partial charge in [-0.1, -0.05) is 0 Å². The molecule has 0 aromatic heterocycles. The number of hydrogen-bond donors (Lipinski definition) is 0. The summed E-state index contributed by atoms with van der Waals surface area (Å²) in [4.78, 5) is 11.4. The normalized spacial score (nSPS) is 10.5. The third kappa shape index (κ3) is 3.27. The van der Waals surface area contributed by atoms with Crippen molar-refractivity contribution in [2.45, 2.75) is 13.8 Å². The molecule has 116 valence electrons. The summed E-state index contributed by atoms with van der Waals surface area (Å²) in [5.41, 5.74) is 0.970. The van der Waals surface area contributed by atoms with Crippen molar-refractivity contribution >= 4 is 21.9 Å². The maximum atomic E-state index is 14.0. The first kappa shape index (κ1) is 16.4. The van der Waals surface area contributed by atoms with E-state index in [2.05, 4.69) is 20.7 Å². The molecule has 0 radical (unpaired) electrons. The van der Waals surface area contributed by atoms with Crippen LogP contribution in [0.4, 0.5) is 8.78 Å². The molecule has 0 unspecified atom stereocenters. The number of methoxy groups -OCH3 is 1. The van der Waals surface area contributed by atoms with E-state index < -0.39 is 11.8 Å². The van der Waals surface area contributed by atoms with Gasteiger partial charge in [-0.2, -0.15) is 0 Å². The summed E-state index contributed by atoms with van der Waals surface area (Å²) in [5, 5.41) is 0. The molecule has 2 aromatic carbocycles. The zero-order valence-corrected chi connectivity index (χ0v) is 13.8. The smallest absolute Gasteiger partial charge is 0.340 e. The highest BCUT2D eigenvalue weighted by atomic mass is 79.9. The molecule has 2 aromatic rings. The minimum absolute atomic E-state index is 0.183. The average Bonchev–Trinajstić information content (AvgIpc) is 2.44. The average molecular weight is 371 g/mol. The molecule has 0 aliphatic rings.